The van der Waals surface area contributed by atoms with Crippen molar-refractivity contribution in [2.45, 2.75) is 13.5 Å². The molecule has 4 heteroatoms. The van der Waals surface area contributed by atoms with Gasteiger partial charge in [0.25, 0.3) is 0 Å². The van der Waals surface area contributed by atoms with Crippen molar-refractivity contribution in [2.75, 3.05) is 6.61 Å². The molecule has 0 spiro atoms. The number of benzene rings is 2. The molecule has 126 valence electrons. The lowest BCUT2D eigenvalue weighted by atomic mass is 10.1. The van der Waals surface area contributed by atoms with Crippen LogP contribution in [-0.2, 0) is 16.1 Å². The van der Waals surface area contributed by atoms with Crippen LogP contribution in [-0.4, -0.2) is 22.4 Å². The van der Waals surface area contributed by atoms with Crippen molar-refractivity contribution in [3.63, 3.8) is 0 Å². The van der Waals surface area contributed by atoms with E-state index in [1.54, 1.807) is 11.6 Å². The smallest absolute Gasteiger partial charge is 0.327 e. The number of carbonyl (C=O) groups is 1. The quantitative estimate of drug-likeness (QED) is 0.633. The number of rotatable bonds is 6. The van der Waals surface area contributed by atoms with Gasteiger partial charge in [0.1, 0.15) is 6.54 Å². The Morgan fingerprint density at radius 2 is 1.72 bits per heavy atom. The maximum atomic E-state index is 11.9. The third-order valence-electron chi connectivity index (χ3n) is 3.70. The molecule has 0 atom stereocenters. The summed E-state index contributed by atoms with van der Waals surface area (Å²) in [6.07, 6.45) is 3.95. The first-order valence-corrected chi connectivity index (χ1v) is 8.28. The highest BCUT2D eigenvalue weighted by atomic mass is 16.5. The largest absolute Gasteiger partial charge is 0.465 e. The first-order chi connectivity index (χ1) is 12.3. The molecule has 0 unspecified atom stereocenters. The fraction of sp³-hybridized carbons (Fsp3) is 0.143. The van der Waals surface area contributed by atoms with Crippen LogP contribution in [0, 0.1) is 0 Å². The lowest BCUT2D eigenvalue weighted by Gasteiger charge is -2.06. The van der Waals surface area contributed by atoms with Crippen molar-refractivity contribution in [3.05, 3.63) is 78.0 Å². The summed E-state index contributed by atoms with van der Waals surface area (Å²) < 4.78 is 6.75. The fourth-order valence-electron chi connectivity index (χ4n) is 2.55. The molecule has 0 aliphatic heterocycles. The highest BCUT2D eigenvalue weighted by Crippen LogP contribution is 2.21. The maximum absolute atomic E-state index is 11.9. The monoisotopic (exact) mass is 332 g/mol. The average molecular weight is 332 g/mol. The van der Waals surface area contributed by atoms with Crippen LogP contribution in [0.5, 0.6) is 0 Å². The zero-order chi connectivity index (χ0) is 17.5. The molecule has 3 rings (SSSR count). The highest BCUT2D eigenvalue weighted by Gasteiger charge is 2.12. The minimum atomic E-state index is -0.290. The molecule has 4 nitrogen and oxygen atoms in total. The summed E-state index contributed by atoms with van der Waals surface area (Å²) in [6, 6.07) is 21.9. The minimum absolute atomic E-state index is 0.0945. The van der Waals surface area contributed by atoms with Crippen LogP contribution < -0.4 is 0 Å². The second-order valence-electron chi connectivity index (χ2n) is 5.53. The Balaban J connectivity index is 1.91. The van der Waals surface area contributed by atoms with E-state index in [1.165, 1.54) is 0 Å². The molecular formula is C21H20N2O2. The number of esters is 1. The predicted octanol–water partition coefficient (Wildman–Crippen LogP) is 4.28. The van der Waals surface area contributed by atoms with Crippen LogP contribution in [0.2, 0.25) is 0 Å². The third-order valence-corrected chi connectivity index (χ3v) is 3.70. The van der Waals surface area contributed by atoms with Crippen LogP contribution >= 0.6 is 0 Å². The fourth-order valence-corrected chi connectivity index (χ4v) is 2.55. The Bertz CT molecular complexity index is 852. The summed E-state index contributed by atoms with van der Waals surface area (Å²) in [5, 5.41) is 4.55. The van der Waals surface area contributed by atoms with Gasteiger partial charge in [-0.1, -0.05) is 66.7 Å². The molecule has 0 radical (unpaired) electrons. The molecule has 0 bridgehead atoms. The van der Waals surface area contributed by atoms with Crippen LogP contribution in [0.1, 0.15) is 18.2 Å². The van der Waals surface area contributed by atoms with Gasteiger partial charge in [-0.15, -0.1) is 0 Å². The average Bonchev–Trinajstić information content (AvgIpc) is 3.04. The van der Waals surface area contributed by atoms with Crippen LogP contribution in [0.3, 0.4) is 0 Å². The van der Waals surface area contributed by atoms with E-state index in [0.29, 0.717) is 6.61 Å². The van der Waals surface area contributed by atoms with Crippen molar-refractivity contribution in [1.82, 2.24) is 9.78 Å². The molecule has 25 heavy (non-hydrogen) atoms. The van der Waals surface area contributed by atoms with E-state index in [2.05, 4.69) is 5.10 Å². The number of hydrogen-bond donors (Lipinski definition) is 0. The lowest BCUT2D eigenvalue weighted by Crippen LogP contribution is -2.15. The molecule has 3 aromatic rings. The van der Waals surface area contributed by atoms with Gasteiger partial charge in [0.2, 0.25) is 0 Å². The number of aromatic nitrogens is 2. The SMILES string of the molecule is CCOC(=O)Cn1nc(/C=C/c2ccccc2)cc1-c1ccccc1. The zero-order valence-electron chi connectivity index (χ0n) is 14.1. The van der Waals surface area contributed by atoms with Gasteiger partial charge < -0.3 is 4.74 Å². The predicted molar refractivity (Wildman–Crippen MR) is 99.7 cm³/mol. The van der Waals surface area contributed by atoms with E-state index in [9.17, 15) is 4.79 Å². The number of ether oxygens (including phenoxy) is 1. The zero-order valence-corrected chi connectivity index (χ0v) is 14.1. The van der Waals surface area contributed by atoms with Gasteiger partial charge in [0.15, 0.2) is 0 Å². The van der Waals surface area contributed by atoms with E-state index in [1.807, 2.05) is 78.9 Å². The van der Waals surface area contributed by atoms with Gasteiger partial charge in [-0.3, -0.25) is 9.48 Å². The molecule has 0 saturated carbocycles. The van der Waals surface area contributed by atoms with Gasteiger partial charge in [-0.25, -0.2) is 0 Å². The van der Waals surface area contributed by atoms with Crippen molar-refractivity contribution in [3.8, 4) is 11.3 Å². The molecule has 0 aliphatic rings. The van der Waals surface area contributed by atoms with Crippen LogP contribution in [0.15, 0.2) is 66.7 Å². The first-order valence-electron chi connectivity index (χ1n) is 8.28. The Labute approximate surface area is 147 Å². The standard InChI is InChI=1S/C21H20N2O2/c1-2-25-21(24)16-23-20(18-11-7-4-8-12-18)15-19(22-23)14-13-17-9-5-3-6-10-17/h3-15H,2,16H2,1H3/b14-13+. The molecular weight excluding hydrogens is 312 g/mol. The third kappa shape index (κ3) is 4.44. The number of hydrogen-bond acceptors (Lipinski definition) is 3. The normalized spacial score (nSPS) is 10.9. The summed E-state index contributed by atoms with van der Waals surface area (Å²) in [5.41, 5.74) is 3.80. The minimum Gasteiger partial charge on any atom is -0.465 e. The van der Waals surface area contributed by atoms with Crippen molar-refractivity contribution >= 4 is 18.1 Å². The van der Waals surface area contributed by atoms with Gasteiger partial charge >= 0.3 is 5.97 Å². The summed E-state index contributed by atoms with van der Waals surface area (Å²) in [6.45, 7) is 2.26. The van der Waals surface area contributed by atoms with E-state index in [0.717, 1.165) is 22.5 Å². The summed E-state index contributed by atoms with van der Waals surface area (Å²) in [7, 11) is 0. The molecule has 0 saturated heterocycles. The second-order valence-corrected chi connectivity index (χ2v) is 5.53. The first kappa shape index (κ1) is 16.7. The van der Waals surface area contributed by atoms with Crippen molar-refractivity contribution in [1.29, 1.82) is 0 Å². The Kier molecular flexibility index (Phi) is 5.42. The van der Waals surface area contributed by atoms with E-state index >= 15 is 0 Å². The summed E-state index contributed by atoms with van der Waals surface area (Å²) in [4.78, 5) is 11.9. The lowest BCUT2D eigenvalue weighted by molar-refractivity contribution is -0.144. The van der Waals surface area contributed by atoms with E-state index in [-0.39, 0.29) is 12.5 Å². The summed E-state index contributed by atoms with van der Waals surface area (Å²) in [5.74, 6) is -0.290. The van der Waals surface area contributed by atoms with Crippen LogP contribution in [0.25, 0.3) is 23.4 Å². The Hall–Kier alpha value is -3.14. The number of nitrogens with zero attached hydrogens (tertiary/aromatic N) is 2. The highest BCUT2D eigenvalue weighted by molar-refractivity contribution is 5.73. The number of carbonyl (C=O) groups excluding carboxylic acids is 1. The molecule has 0 fully saturated rings. The van der Waals surface area contributed by atoms with Gasteiger partial charge in [0.05, 0.1) is 18.0 Å². The van der Waals surface area contributed by atoms with Gasteiger partial charge in [-0.2, -0.15) is 5.10 Å². The maximum Gasteiger partial charge on any atom is 0.327 e. The Morgan fingerprint density at radius 1 is 1.04 bits per heavy atom. The van der Waals surface area contributed by atoms with Gasteiger partial charge in [-0.05, 0) is 30.2 Å². The molecule has 1 heterocycles. The summed E-state index contributed by atoms with van der Waals surface area (Å²) >= 11 is 0. The molecule has 0 aliphatic carbocycles. The molecule has 0 amide bonds. The molecule has 0 N–H and O–H groups in total. The van der Waals surface area contributed by atoms with Crippen molar-refractivity contribution in [2.24, 2.45) is 0 Å². The topological polar surface area (TPSA) is 44.1 Å². The molecule has 2 aromatic carbocycles. The van der Waals surface area contributed by atoms with E-state index < -0.39 is 0 Å². The Morgan fingerprint density at radius 3 is 2.40 bits per heavy atom. The van der Waals surface area contributed by atoms with E-state index in [4.69, 9.17) is 4.74 Å². The second kappa shape index (κ2) is 8.11. The molecule has 1 aromatic heterocycles. The van der Waals surface area contributed by atoms with Gasteiger partial charge in [0, 0.05) is 0 Å². The van der Waals surface area contributed by atoms with Crippen LogP contribution in [0.4, 0.5) is 0 Å². The van der Waals surface area contributed by atoms with Crippen molar-refractivity contribution < 1.29 is 9.53 Å².